The van der Waals surface area contributed by atoms with Gasteiger partial charge in [-0.2, -0.15) is 5.10 Å². The Labute approximate surface area is 88.9 Å². The van der Waals surface area contributed by atoms with E-state index >= 15 is 0 Å². The molecule has 2 aromatic rings. The molecule has 0 aromatic carbocycles. The Balaban J connectivity index is 1.67. The van der Waals surface area contributed by atoms with E-state index in [2.05, 4.69) is 10.4 Å². The van der Waals surface area contributed by atoms with Gasteiger partial charge >= 0.3 is 0 Å². The Morgan fingerprint density at radius 2 is 2.47 bits per heavy atom. The van der Waals surface area contributed by atoms with Crippen molar-refractivity contribution in [2.24, 2.45) is 7.05 Å². The van der Waals surface area contributed by atoms with E-state index in [1.165, 1.54) is 5.56 Å². The van der Waals surface area contributed by atoms with Crippen LogP contribution in [0.15, 0.2) is 35.2 Å². The van der Waals surface area contributed by atoms with Crippen molar-refractivity contribution in [2.75, 3.05) is 6.54 Å². The van der Waals surface area contributed by atoms with Crippen molar-refractivity contribution in [3.8, 4) is 0 Å². The zero-order valence-corrected chi connectivity index (χ0v) is 8.81. The molecule has 80 valence electrons. The molecule has 0 aliphatic carbocycles. The van der Waals surface area contributed by atoms with Crippen LogP contribution >= 0.6 is 0 Å². The fourth-order valence-corrected chi connectivity index (χ4v) is 1.46. The van der Waals surface area contributed by atoms with Gasteiger partial charge in [-0.15, -0.1) is 0 Å². The largest absolute Gasteiger partial charge is 0.469 e. The molecule has 1 N–H and O–H groups in total. The monoisotopic (exact) mass is 205 g/mol. The highest BCUT2D eigenvalue weighted by Crippen LogP contribution is 2.00. The second kappa shape index (κ2) is 4.79. The standard InChI is InChI=1S/C11H15N3O/c1-14-9-10(8-13-14)7-12-5-4-11-3-2-6-15-11/h2-3,6,8-9,12H,4-5,7H2,1H3. The van der Waals surface area contributed by atoms with Crippen LogP contribution in [0.3, 0.4) is 0 Å². The maximum absolute atomic E-state index is 5.23. The van der Waals surface area contributed by atoms with Crippen LogP contribution in [0.2, 0.25) is 0 Å². The van der Waals surface area contributed by atoms with E-state index < -0.39 is 0 Å². The van der Waals surface area contributed by atoms with Gasteiger partial charge in [0, 0.05) is 38.3 Å². The Kier molecular flexibility index (Phi) is 3.19. The van der Waals surface area contributed by atoms with Crippen LogP contribution in [-0.4, -0.2) is 16.3 Å². The van der Waals surface area contributed by atoms with Crippen molar-refractivity contribution in [1.29, 1.82) is 0 Å². The smallest absolute Gasteiger partial charge is 0.105 e. The number of aryl methyl sites for hydroxylation is 1. The molecule has 4 nitrogen and oxygen atoms in total. The average Bonchev–Trinajstić information content (AvgIpc) is 2.84. The zero-order valence-electron chi connectivity index (χ0n) is 8.81. The first-order valence-corrected chi connectivity index (χ1v) is 5.05. The van der Waals surface area contributed by atoms with Crippen LogP contribution in [0, 0.1) is 0 Å². The minimum absolute atomic E-state index is 0.856. The zero-order chi connectivity index (χ0) is 10.5. The van der Waals surface area contributed by atoms with Crippen molar-refractivity contribution in [3.05, 3.63) is 42.1 Å². The molecule has 0 radical (unpaired) electrons. The maximum Gasteiger partial charge on any atom is 0.105 e. The number of aromatic nitrogens is 2. The summed E-state index contributed by atoms with van der Waals surface area (Å²) < 4.78 is 7.04. The van der Waals surface area contributed by atoms with Gasteiger partial charge < -0.3 is 9.73 Å². The summed E-state index contributed by atoms with van der Waals surface area (Å²) in [5.41, 5.74) is 1.21. The summed E-state index contributed by atoms with van der Waals surface area (Å²) in [5, 5.41) is 7.44. The molecule has 2 aromatic heterocycles. The summed E-state index contributed by atoms with van der Waals surface area (Å²) in [5.74, 6) is 1.02. The number of furan rings is 1. The molecule has 0 saturated heterocycles. The number of hydrogen-bond acceptors (Lipinski definition) is 3. The lowest BCUT2D eigenvalue weighted by Gasteiger charge is -2.00. The van der Waals surface area contributed by atoms with Gasteiger partial charge in [0.25, 0.3) is 0 Å². The van der Waals surface area contributed by atoms with Crippen LogP contribution in [-0.2, 0) is 20.0 Å². The molecule has 0 amide bonds. The molecule has 0 saturated carbocycles. The first-order chi connectivity index (χ1) is 7.34. The molecule has 0 spiro atoms. The molecule has 0 atom stereocenters. The molecule has 2 heterocycles. The van der Waals surface area contributed by atoms with Gasteiger partial charge in [0.1, 0.15) is 5.76 Å². The van der Waals surface area contributed by atoms with Crippen LogP contribution < -0.4 is 5.32 Å². The van der Waals surface area contributed by atoms with Crippen molar-refractivity contribution in [1.82, 2.24) is 15.1 Å². The third kappa shape index (κ3) is 2.95. The van der Waals surface area contributed by atoms with Gasteiger partial charge in [0.05, 0.1) is 12.5 Å². The summed E-state index contributed by atoms with van der Waals surface area (Å²) in [7, 11) is 1.92. The van der Waals surface area contributed by atoms with Gasteiger partial charge in [-0.1, -0.05) is 0 Å². The number of rotatable bonds is 5. The van der Waals surface area contributed by atoms with Gasteiger partial charge in [0.15, 0.2) is 0 Å². The van der Waals surface area contributed by atoms with Gasteiger partial charge in [-0.05, 0) is 12.1 Å². The van der Waals surface area contributed by atoms with Crippen LogP contribution in [0.25, 0.3) is 0 Å². The maximum atomic E-state index is 5.23. The molecular weight excluding hydrogens is 190 g/mol. The number of nitrogens with zero attached hydrogens (tertiary/aromatic N) is 2. The summed E-state index contributed by atoms with van der Waals surface area (Å²) in [6, 6.07) is 3.90. The highest BCUT2D eigenvalue weighted by molar-refractivity contribution is 5.03. The number of nitrogens with one attached hydrogen (secondary N) is 1. The summed E-state index contributed by atoms with van der Waals surface area (Å²) in [6.07, 6.45) is 6.52. The van der Waals surface area contributed by atoms with Gasteiger partial charge in [-0.3, -0.25) is 4.68 Å². The third-order valence-electron chi connectivity index (χ3n) is 2.22. The van der Waals surface area contributed by atoms with E-state index in [1.54, 1.807) is 6.26 Å². The minimum atomic E-state index is 0.856. The SMILES string of the molecule is Cn1cc(CNCCc2ccco2)cn1. The molecule has 0 fully saturated rings. The fourth-order valence-electron chi connectivity index (χ4n) is 1.46. The van der Waals surface area contributed by atoms with Gasteiger partial charge in [0.2, 0.25) is 0 Å². The highest BCUT2D eigenvalue weighted by atomic mass is 16.3. The van der Waals surface area contributed by atoms with Crippen molar-refractivity contribution >= 4 is 0 Å². The summed E-state index contributed by atoms with van der Waals surface area (Å²) in [4.78, 5) is 0. The molecule has 0 bridgehead atoms. The van der Waals surface area contributed by atoms with E-state index in [1.807, 2.05) is 36.3 Å². The van der Waals surface area contributed by atoms with E-state index in [0.29, 0.717) is 0 Å². The Morgan fingerprint density at radius 1 is 1.53 bits per heavy atom. The van der Waals surface area contributed by atoms with E-state index in [4.69, 9.17) is 4.42 Å². The molecule has 0 unspecified atom stereocenters. The van der Waals surface area contributed by atoms with Crippen LogP contribution in [0.4, 0.5) is 0 Å². The van der Waals surface area contributed by atoms with E-state index in [-0.39, 0.29) is 0 Å². The third-order valence-corrected chi connectivity index (χ3v) is 2.22. The molecule has 15 heavy (non-hydrogen) atoms. The second-order valence-electron chi connectivity index (χ2n) is 3.53. The predicted octanol–water partition coefficient (Wildman–Crippen LogP) is 1.35. The summed E-state index contributed by atoms with van der Waals surface area (Å²) in [6.45, 7) is 1.77. The van der Waals surface area contributed by atoms with Crippen molar-refractivity contribution < 1.29 is 4.42 Å². The van der Waals surface area contributed by atoms with E-state index in [0.717, 1.165) is 25.3 Å². The first kappa shape index (κ1) is 9.98. The Hall–Kier alpha value is -1.55. The lowest BCUT2D eigenvalue weighted by Crippen LogP contribution is -2.16. The quantitative estimate of drug-likeness (QED) is 0.749. The lowest BCUT2D eigenvalue weighted by molar-refractivity contribution is 0.499. The van der Waals surface area contributed by atoms with Crippen LogP contribution in [0.5, 0.6) is 0 Å². The normalized spacial score (nSPS) is 10.7. The average molecular weight is 205 g/mol. The second-order valence-corrected chi connectivity index (χ2v) is 3.53. The molecule has 4 heteroatoms. The minimum Gasteiger partial charge on any atom is -0.469 e. The van der Waals surface area contributed by atoms with Crippen molar-refractivity contribution in [2.45, 2.75) is 13.0 Å². The van der Waals surface area contributed by atoms with E-state index in [9.17, 15) is 0 Å². The predicted molar refractivity (Wildman–Crippen MR) is 57.3 cm³/mol. The molecular formula is C11H15N3O. The van der Waals surface area contributed by atoms with Crippen LogP contribution in [0.1, 0.15) is 11.3 Å². The molecule has 0 aliphatic rings. The highest BCUT2D eigenvalue weighted by Gasteiger charge is 1.97. The fraction of sp³-hybridized carbons (Fsp3) is 0.364. The topological polar surface area (TPSA) is 43.0 Å². The van der Waals surface area contributed by atoms with Gasteiger partial charge in [-0.25, -0.2) is 0 Å². The molecule has 0 aliphatic heterocycles. The lowest BCUT2D eigenvalue weighted by atomic mass is 10.3. The van der Waals surface area contributed by atoms with Crippen molar-refractivity contribution in [3.63, 3.8) is 0 Å². The number of hydrogen-bond donors (Lipinski definition) is 1. The first-order valence-electron chi connectivity index (χ1n) is 5.05. The Bertz CT molecular complexity index is 392. The Morgan fingerprint density at radius 3 is 3.13 bits per heavy atom. The summed E-state index contributed by atoms with van der Waals surface area (Å²) >= 11 is 0. The molecule has 2 rings (SSSR count).